The summed E-state index contributed by atoms with van der Waals surface area (Å²) in [5, 5.41) is 18.3. The molecule has 0 fully saturated rings. The van der Waals surface area contributed by atoms with Crippen molar-refractivity contribution in [1.82, 2.24) is 0 Å². The van der Waals surface area contributed by atoms with Crippen molar-refractivity contribution in [3.05, 3.63) is 82.9 Å². The van der Waals surface area contributed by atoms with Crippen LogP contribution in [0, 0.1) is 0 Å². The lowest BCUT2D eigenvalue weighted by molar-refractivity contribution is 0.0650. The molecule has 2 rings (SSSR count). The van der Waals surface area contributed by atoms with Gasteiger partial charge in [-0.1, -0.05) is 54.6 Å². The zero-order valence-electron chi connectivity index (χ0n) is 11.9. The highest BCUT2D eigenvalue weighted by Crippen LogP contribution is 2.16. The van der Waals surface area contributed by atoms with E-state index in [9.17, 15) is 14.7 Å². The molecule has 0 radical (unpaired) electrons. The molecule has 0 aliphatic heterocycles. The zero-order valence-corrected chi connectivity index (χ0v) is 11.9. The molecule has 0 aliphatic rings. The molecule has 0 atom stereocenters. The molecular formula is C18H16O4. The molecule has 4 nitrogen and oxygen atoms in total. The van der Waals surface area contributed by atoms with Crippen molar-refractivity contribution in [3.63, 3.8) is 0 Å². The molecule has 0 aliphatic carbocycles. The third-order valence-electron chi connectivity index (χ3n) is 3.30. The van der Waals surface area contributed by atoms with E-state index in [0.29, 0.717) is 12.0 Å². The molecule has 0 unspecified atom stereocenters. The summed E-state index contributed by atoms with van der Waals surface area (Å²) in [4.78, 5) is 22.4. The van der Waals surface area contributed by atoms with Gasteiger partial charge < -0.3 is 10.2 Å². The van der Waals surface area contributed by atoms with E-state index in [1.165, 1.54) is 6.07 Å². The highest BCUT2D eigenvalue weighted by Gasteiger charge is 2.18. The van der Waals surface area contributed by atoms with E-state index in [1.807, 2.05) is 42.5 Å². The number of carboxylic acid groups (broad SMARTS) is 2. The molecule has 0 bridgehead atoms. The highest BCUT2D eigenvalue weighted by molar-refractivity contribution is 6.02. The van der Waals surface area contributed by atoms with E-state index in [0.717, 1.165) is 12.0 Å². The van der Waals surface area contributed by atoms with Gasteiger partial charge in [0.25, 0.3) is 0 Å². The number of benzene rings is 2. The van der Waals surface area contributed by atoms with Gasteiger partial charge in [-0.25, -0.2) is 9.59 Å². The van der Waals surface area contributed by atoms with Gasteiger partial charge in [0.2, 0.25) is 0 Å². The average molecular weight is 296 g/mol. The van der Waals surface area contributed by atoms with Crippen LogP contribution in [0.5, 0.6) is 0 Å². The summed E-state index contributed by atoms with van der Waals surface area (Å²) in [6, 6.07) is 14.4. The highest BCUT2D eigenvalue weighted by atomic mass is 16.4. The van der Waals surface area contributed by atoms with Crippen molar-refractivity contribution in [2.24, 2.45) is 0 Å². The maximum Gasteiger partial charge on any atom is 0.336 e. The number of hydrogen-bond donors (Lipinski definition) is 2. The average Bonchev–Trinajstić information content (AvgIpc) is 2.52. The Bertz CT molecular complexity index is 702. The topological polar surface area (TPSA) is 74.6 Å². The summed E-state index contributed by atoms with van der Waals surface area (Å²) < 4.78 is 0. The van der Waals surface area contributed by atoms with E-state index in [4.69, 9.17) is 5.11 Å². The van der Waals surface area contributed by atoms with Crippen LogP contribution in [-0.4, -0.2) is 22.2 Å². The summed E-state index contributed by atoms with van der Waals surface area (Å²) in [6.45, 7) is 0. The first-order valence-electron chi connectivity index (χ1n) is 6.87. The number of rotatable bonds is 6. The van der Waals surface area contributed by atoms with Crippen LogP contribution in [0.25, 0.3) is 0 Å². The Morgan fingerprint density at radius 3 is 2.14 bits per heavy atom. The quantitative estimate of drug-likeness (QED) is 0.801. The number of allylic oxidation sites excluding steroid dienone is 2. The van der Waals surface area contributed by atoms with E-state index >= 15 is 0 Å². The van der Waals surface area contributed by atoms with E-state index in [-0.39, 0.29) is 11.1 Å². The lowest BCUT2D eigenvalue weighted by Crippen LogP contribution is -2.11. The van der Waals surface area contributed by atoms with Gasteiger partial charge in [0.15, 0.2) is 0 Å². The minimum absolute atomic E-state index is 0.139. The lowest BCUT2D eigenvalue weighted by atomic mass is 9.98. The molecule has 0 aromatic heterocycles. The summed E-state index contributed by atoms with van der Waals surface area (Å²) in [5.74, 6) is -2.45. The molecule has 4 heteroatoms. The molecule has 22 heavy (non-hydrogen) atoms. The second kappa shape index (κ2) is 7.22. The van der Waals surface area contributed by atoms with Gasteiger partial charge in [-0.15, -0.1) is 0 Å². The van der Waals surface area contributed by atoms with Gasteiger partial charge in [0, 0.05) is 0 Å². The monoisotopic (exact) mass is 296 g/mol. The van der Waals surface area contributed by atoms with Crippen molar-refractivity contribution < 1.29 is 19.8 Å². The number of carboxylic acids is 2. The van der Waals surface area contributed by atoms with Gasteiger partial charge in [0.1, 0.15) is 0 Å². The third-order valence-corrected chi connectivity index (χ3v) is 3.30. The minimum Gasteiger partial charge on any atom is -0.478 e. The Morgan fingerprint density at radius 2 is 1.50 bits per heavy atom. The number of carbonyl (C=O) groups is 2. The van der Waals surface area contributed by atoms with Crippen LogP contribution < -0.4 is 0 Å². The van der Waals surface area contributed by atoms with Crippen LogP contribution in [0.1, 0.15) is 31.8 Å². The SMILES string of the molecule is O=C(O)c1cccc(CC=CCc2ccccc2)c1C(=O)O. The third kappa shape index (κ3) is 3.82. The summed E-state index contributed by atoms with van der Waals surface area (Å²) >= 11 is 0. The van der Waals surface area contributed by atoms with Crippen LogP contribution in [-0.2, 0) is 12.8 Å². The van der Waals surface area contributed by atoms with Crippen LogP contribution in [0.4, 0.5) is 0 Å². The predicted octanol–water partition coefficient (Wildman–Crippen LogP) is 3.42. The van der Waals surface area contributed by atoms with Crippen molar-refractivity contribution in [2.75, 3.05) is 0 Å². The van der Waals surface area contributed by atoms with Crippen LogP contribution in [0.15, 0.2) is 60.7 Å². The van der Waals surface area contributed by atoms with E-state index in [1.54, 1.807) is 12.1 Å². The molecule has 112 valence electrons. The second-order valence-corrected chi connectivity index (χ2v) is 4.82. The standard InChI is InChI=1S/C18H16O4/c19-17(20)15-12-6-11-14(16(15)18(21)22)10-5-4-9-13-7-2-1-3-8-13/h1-8,11-12H,9-10H2,(H,19,20)(H,21,22). The Labute approximate surface area is 128 Å². The molecular weight excluding hydrogens is 280 g/mol. The fourth-order valence-corrected chi connectivity index (χ4v) is 2.24. The molecule has 0 saturated heterocycles. The van der Waals surface area contributed by atoms with E-state index in [2.05, 4.69) is 0 Å². The Hall–Kier alpha value is -2.88. The van der Waals surface area contributed by atoms with Crippen molar-refractivity contribution in [1.29, 1.82) is 0 Å². The summed E-state index contributed by atoms with van der Waals surface area (Å²) in [5.41, 5.74) is 1.34. The number of hydrogen-bond acceptors (Lipinski definition) is 2. The maximum atomic E-state index is 11.3. The van der Waals surface area contributed by atoms with Crippen molar-refractivity contribution in [3.8, 4) is 0 Å². The molecule has 2 aromatic rings. The fraction of sp³-hybridized carbons (Fsp3) is 0.111. The summed E-state index contributed by atoms with van der Waals surface area (Å²) in [6.07, 6.45) is 4.95. The Morgan fingerprint density at radius 1 is 0.818 bits per heavy atom. The zero-order chi connectivity index (χ0) is 15.9. The first-order chi connectivity index (χ1) is 10.6. The normalized spacial score (nSPS) is 10.7. The fourth-order valence-electron chi connectivity index (χ4n) is 2.24. The Balaban J connectivity index is 2.14. The molecule has 0 heterocycles. The van der Waals surface area contributed by atoms with Gasteiger partial charge in [0.05, 0.1) is 11.1 Å². The van der Waals surface area contributed by atoms with E-state index < -0.39 is 11.9 Å². The number of aromatic carboxylic acids is 2. The molecule has 0 spiro atoms. The van der Waals surface area contributed by atoms with Crippen molar-refractivity contribution >= 4 is 11.9 Å². The largest absolute Gasteiger partial charge is 0.478 e. The predicted molar refractivity (Wildman–Crippen MR) is 83.4 cm³/mol. The summed E-state index contributed by atoms with van der Waals surface area (Å²) in [7, 11) is 0. The molecule has 2 aromatic carbocycles. The van der Waals surface area contributed by atoms with Crippen LogP contribution in [0.2, 0.25) is 0 Å². The first-order valence-corrected chi connectivity index (χ1v) is 6.87. The van der Waals surface area contributed by atoms with Gasteiger partial charge in [-0.2, -0.15) is 0 Å². The molecule has 0 amide bonds. The minimum atomic E-state index is -1.23. The van der Waals surface area contributed by atoms with Gasteiger partial charge in [-0.3, -0.25) is 0 Å². The van der Waals surface area contributed by atoms with Crippen molar-refractivity contribution in [2.45, 2.75) is 12.8 Å². The maximum absolute atomic E-state index is 11.3. The van der Waals surface area contributed by atoms with Gasteiger partial charge >= 0.3 is 11.9 Å². The Kier molecular flexibility index (Phi) is 5.09. The second-order valence-electron chi connectivity index (χ2n) is 4.82. The first kappa shape index (κ1) is 15.5. The lowest BCUT2D eigenvalue weighted by Gasteiger charge is -2.07. The van der Waals surface area contributed by atoms with Crippen LogP contribution in [0.3, 0.4) is 0 Å². The molecule has 2 N–H and O–H groups in total. The van der Waals surface area contributed by atoms with Gasteiger partial charge in [-0.05, 0) is 30.0 Å². The smallest absolute Gasteiger partial charge is 0.336 e. The molecule has 0 saturated carbocycles. The van der Waals surface area contributed by atoms with Crippen LogP contribution >= 0.6 is 0 Å².